The third-order valence-corrected chi connectivity index (χ3v) is 4.48. The Bertz CT molecular complexity index is 775. The average molecular weight is 356 g/mol. The Labute approximate surface area is 151 Å². The maximum absolute atomic E-state index is 13.0. The fourth-order valence-corrected chi connectivity index (χ4v) is 3.00. The van der Waals surface area contributed by atoms with Gasteiger partial charge in [-0.3, -0.25) is 9.69 Å². The van der Waals surface area contributed by atoms with Crippen LogP contribution in [0.25, 0.3) is 0 Å². The Morgan fingerprint density at radius 2 is 1.69 bits per heavy atom. The highest BCUT2D eigenvalue weighted by Gasteiger charge is 2.37. The van der Waals surface area contributed by atoms with E-state index in [-0.39, 0.29) is 18.3 Å². The Hall–Kier alpha value is -2.89. The molecule has 0 bridgehead atoms. The van der Waals surface area contributed by atoms with E-state index in [9.17, 15) is 14.0 Å². The van der Waals surface area contributed by atoms with E-state index in [1.807, 2.05) is 24.3 Å². The van der Waals surface area contributed by atoms with E-state index in [0.29, 0.717) is 12.0 Å². The lowest BCUT2D eigenvalue weighted by molar-refractivity contribution is -0.128. The molecular formula is C20H21FN2O3. The zero-order valence-electron chi connectivity index (χ0n) is 14.6. The number of nitrogens with zero attached hydrogens (tertiary/aromatic N) is 1. The Morgan fingerprint density at radius 3 is 2.35 bits per heavy atom. The zero-order chi connectivity index (χ0) is 18.5. The first-order chi connectivity index (χ1) is 12.6. The van der Waals surface area contributed by atoms with Crippen molar-refractivity contribution in [2.75, 3.05) is 7.11 Å². The zero-order valence-corrected chi connectivity index (χ0v) is 14.6. The number of halogens is 1. The first kappa shape index (κ1) is 17.9. The number of hydrogen-bond donors (Lipinski definition) is 1. The van der Waals surface area contributed by atoms with Crippen LogP contribution in [0.1, 0.15) is 24.0 Å². The van der Waals surface area contributed by atoms with Crippen LogP contribution >= 0.6 is 0 Å². The maximum atomic E-state index is 13.0. The van der Waals surface area contributed by atoms with Gasteiger partial charge in [-0.1, -0.05) is 24.3 Å². The van der Waals surface area contributed by atoms with E-state index in [1.165, 1.54) is 17.0 Å². The number of amides is 3. The molecule has 3 rings (SSSR count). The van der Waals surface area contributed by atoms with Gasteiger partial charge in [0.05, 0.1) is 13.7 Å². The third kappa shape index (κ3) is 4.20. The SMILES string of the molecule is COc1ccc(CCCC2NC(=O)N(Cc3ccc(F)cc3)C2=O)cc1. The van der Waals surface area contributed by atoms with Crippen LogP contribution in [0.5, 0.6) is 5.75 Å². The molecule has 0 spiro atoms. The fourth-order valence-electron chi connectivity index (χ4n) is 3.00. The van der Waals surface area contributed by atoms with Gasteiger partial charge in [0.2, 0.25) is 0 Å². The van der Waals surface area contributed by atoms with Crippen LogP contribution in [0.15, 0.2) is 48.5 Å². The molecule has 5 nitrogen and oxygen atoms in total. The number of imide groups is 1. The van der Waals surface area contributed by atoms with Gasteiger partial charge in [0.1, 0.15) is 17.6 Å². The van der Waals surface area contributed by atoms with Crippen LogP contribution in [0.4, 0.5) is 9.18 Å². The van der Waals surface area contributed by atoms with Gasteiger partial charge in [0, 0.05) is 0 Å². The summed E-state index contributed by atoms with van der Waals surface area (Å²) in [5.74, 6) is 0.236. The first-order valence-electron chi connectivity index (χ1n) is 8.56. The van der Waals surface area contributed by atoms with Crippen molar-refractivity contribution in [3.63, 3.8) is 0 Å². The molecule has 0 radical (unpaired) electrons. The number of carbonyl (C=O) groups excluding carboxylic acids is 2. The van der Waals surface area contributed by atoms with Crippen molar-refractivity contribution < 1.29 is 18.7 Å². The van der Waals surface area contributed by atoms with Crippen LogP contribution in [-0.4, -0.2) is 30.0 Å². The summed E-state index contributed by atoms with van der Waals surface area (Å²) in [6.07, 6.45) is 2.19. The minimum absolute atomic E-state index is 0.153. The second-order valence-corrected chi connectivity index (χ2v) is 6.29. The quantitative estimate of drug-likeness (QED) is 0.775. The highest BCUT2D eigenvalue weighted by molar-refractivity contribution is 6.04. The van der Waals surface area contributed by atoms with Gasteiger partial charge in [-0.15, -0.1) is 0 Å². The summed E-state index contributed by atoms with van der Waals surface area (Å²) in [7, 11) is 1.63. The lowest BCUT2D eigenvalue weighted by Crippen LogP contribution is -2.31. The highest BCUT2D eigenvalue weighted by atomic mass is 19.1. The summed E-state index contributed by atoms with van der Waals surface area (Å²) in [4.78, 5) is 25.7. The van der Waals surface area contributed by atoms with Gasteiger partial charge in [-0.25, -0.2) is 9.18 Å². The highest BCUT2D eigenvalue weighted by Crippen LogP contribution is 2.18. The number of aryl methyl sites for hydroxylation is 1. The molecule has 1 aliphatic heterocycles. The van der Waals surface area contributed by atoms with Gasteiger partial charge in [-0.2, -0.15) is 0 Å². The Balaban J connectivity index is 1.52. The van der Waals surface area contributed by atoms with E-state index < -0.39 is 12.1 Å². The van der Waals surface area contributed by atoms with E-state index in [2.05, 4.69) is 5.32 Å². The Kier molecular flexibility index (Phi) is 5.51. The van der Waals surface area contributed by atoms with E-state index >= 15 is 0 Å². The molecule has 1 atom stereocenters. The molecule has 136 valence electrons. The normalized spacial score (nSPS) is 16.7. The molecule has 3 amide bonds. The Morgan fingerprint density at radius 1 is 1.04 bits per heavy atom. The summed E-state index contributed by atoms with van der Waals surface area (Å²) in [5.41, 5.74) is 1.87. The van der Waals surface area contributed by atoms with E-state index in [4.69, 9.17) is 4.74 Å². The minimum atomic E-state index is -0.499. The molecule has 2 aromatic rings. The van der Waals surface area contributed by atoms with Gasteiger partial charge in [0.25, 0.3) is 5.91 Å². The lowest BCUT2D eigenvalue weighted by atomic mass is 10.0. The number of rotatable bonds is 7. The predicted octanol–water partition coefficient (Wildman–Crippen LogP) is 3.28. The second kappa shape index (κ2) is 7.99. The molecule has 0 aromatic heterocycles. The van der Waals surface area contributed by atoms with Crippen LogP contribution in [0.3, 0.4) is 0 Å². The molecule has 1 fully saturated rings. The molecule has 1 unspecified atom stereocenters. The molecule has 1 saturated heterocycles. The minimum Gasteiger partial charge on any atom is -0.497 e. The number of methoxy groups -OCH3 is 1. The number of ether oxygens (including phenoxy) is 1. The van der Waals surface area contributed by atoms with Gasteiger partial charge in [0.15, 0.2) is 0 Å². The van der Waals surface area contributed by atoms with Crippen molar-refractivity contribution in [1.82, 2.24) is 10.2 Å². The summed E-state index contributed by atoms with van der Waals surface area (Å²) in [5, 5.41) is 2.73. The predicted molar refractivity (Wildman–Crippen MR) is 95.2 cm³/mol. The molecule has 0 aliphatic carbocycles. The van der Waals surface area contributed by atoms with Crippen LogP contribution in [0, 0.1) is 5.82 Å². The molecule has 1 aliphatic rings. The fraction of sp³-hybridized carbons (Fsp3) is 0.300. The molecule has 1 N–H and O–H groups in total. The summed E-state index contributed by atoms with van der Waals surface area (Å²) in [6.45, 7) is 0.153. The smallest absolute Gasteiger partial charge is 0.325 e. The average Bonchev–Trinajstić information content (AvgIpc) is 2.92. The van der Waals surface area contributed by atoms with Crippen LogP contribution in [0.2, 0.25) is 0 Å². The second-order valence-electron chi connectivity index (χ2n) is 6.29. The van der Waals surface area contributed by atoms with Crippen molar-refractivity contribution in [3.05, 3.63) is 65.5 Å². The standard InChI is InChI=1S/C20H21FN2O3/c1-26-17-11-7-14(8-12-17)3-2-4-18-19(24)23(20(25)22-18)13-15-5-9-16(21)10-6-15/h5-12,18H,2-4,13H2,1H3,(H,22,25). The molecule has 6 heteroatoms. The van der Waals surface area contributed by atoms with Crippen molar-refractivity contribution in [2.45, 2.75) is 31.8 Å². The van der Waals surface area contributed by atoms with Crippen molar-refractivity contribution in [1.29, 1.82) is 0 Å². The molecule has 0 saturated carbocycles. The number of hydrogen-bond acceptors (Lipinski definition) is 3. The van der Waals surface area contributed by atoms with Crippen LogP contribution in [-0.2, 0) is 17.8 Å². The van der Waals surface area contributed by atoms with Crippen LogP contribution < -0.4 is 10.1 Å². The monoisotopic (exact) mass is 356 g/mol. The number of nitrogens with one attached hydrogen (secondary N) is 1. The third-order valence-electron chi connectivity index (χ3n) is 4.48. The van der Waals surface area contributed by atoms with Crippen molar-refractivity contribution >= 4 is 11.9 Å². The summed E-state index contributed by atoms with van der Waals surface area (Å²) >= 11 is 0. The number of carbonyl (C=O) groups is 2. The number of benzene rings is 2. The summed E-state index contributed by atoms with van der Waals surface area (Å²) in [6, 6.07) is 12.7. The maximum Gasteiger partial charge on any atom is 0.325 e. The first-order valence-corrected chi connectivity index (χ1v) is 8.56. The molecular weight excluding hydrogens is 335 g/mol. The van der Waals surface area contributed by atoms with E-state index in [0.717, 1.165) is 24.2 Å². The topological polar surface area (TPSA) is 58.6 Å². The van der Waals surface area contributed by atoms with Crippen molar-refractivity contribution in [3.8, 4) is 5.75 Å². The van der Waals surface area contributed by atoms with Gasteiger partial charge < -0.3 is 10.1 Å². The lowest BCUT2D eigenvalue weighted by Gasteiger charge is -2.13. The summed E-state index contributed by atoms with van der Waals surface area (Å²) < 4.78 is 18.1. The largest absolute Gasteiger partial charge is 0.497 e. The van der Waals surface area contributed by atoms with Gasteiger partial charge in [-0.05, 0) is 54.7 Å². The molecule has 1 heterocycles. The number of urea groups is 1. The molecule has 26 heavy (non-hydrogen) atoms. The van der Waals surface area contributed by atoms with Gasteiger partial charge >= 0.3 is 6.03 Å². The molecule has 2 aromatic carbocycles. The van der Waals surface area contributed by atoms with Crippen molar-refractivity contribution in [2.24, 2.45) is 0 Å². The van der Waals surface area contributed by atoms with E-state index in [1.54, 1.807) is 19.2 Å².